The van der Waals surface area contributed by atoms with Gasteiger partial charge in [-0.1, -0.05) is 406 Å². The van der Waals surface area contributed by atoms with E-state index in [0.29, 0.717) is 23.6 Å². The molecule has 12 heteroatoms. The van der Waals surface area contributed by atoms with Gasteiger partial charge in [-0.05, 0) is 130 Å². The summed E-state index contributed by atoms with van der Waals surface area (Å²) in [6.45, 7) is 0. The molecule has 0 saturated heterocycles. The fourth-order valence-electron chi connectivity index (χ4n) is 21.5. The first kappa shape index (κ1) is 78.7. The van der Waals surface area contributed by atoms with Crippen LogP contribution in [-0.4, -0.2) is 43.6 Å². The monoisotopic (exact) mass is 1790 g/mol. The van der Waals surface area contributed by atoms with Crippen LogP contribution in [0.1, 0.15) is 0 Å². The Kier molecular flexibility index (Phi) is 18.2. The number of benzene rings is 21. The van der Waals surface area contributed by atoms with E-state index >= 15 is 0 Å². The van der Waals surface area contributed by atoms with Gasteiger partial charge in [-0.15, -0.1) is 22.7 Å². The molecule has 0 aliphatic carbocycles. The predicted molar refractivity (Wildman–Crippen MR) is 580 cm³/mol. The minimum atomic E-state index is 0.572. The molecule has 0 aliphatic rings. The summed E-state index contributed by atoms with van der Waals surface area (Å²) in [6.07, 6.45) is 0. The number of para-hydroxylation sites is 1. The molecule has 0 saturated carbocycles. The predicted octanol–water partition coefficient (Wildman–Crippen LogP) is 34.3. The van der Waals surface area contributed by atoms with E-state index < -0.39 is 0 Å². The van der Waals surface area contributed by atoms with Gasteiger partial charge in [0.05, 0.1) is 65.8 Å². The van der Waals surface area contributed by atoms with Crippen molar-refractivity contribution in [1.82, 2.24) is 43.6 Å². The summed E-state index contributed by atoms with van der Waals surface area (Å²) in [5.74, 6) is 1.95. The SMILES string of the molecule is c1ccc(-c2cccc(-c3nc(-n4c5ccc6ccccc6c5c5ccc6ccccc6c54)nc4oc5ccccc5c34)c2)cc1.c1ccc(-c2cccc(-c3nc(-n4c5ccc6ccccc6c5c5ccc6ccccc6c54)nc4sc5ccccc5c34)c2)cc1.c1ccc(-c2ccccc2-c2nc(-n3c4ccc5ccccc5c4c4ccc5ccccc5c43)nc3c2sc2ccccc23)cc1. The fourth-order valence-corrected chi connectivity index (χ4v) is 23.7. The van der Waals surface area contributed by atoms with Crippen LogP contribution < -0.4 is 0 Å². The highest BCUT2D eigenvalue weighted by molar-refractivity contribution is 7.26. The summed E-state index contributed by atoms with van der Waals surface area (Å²) >= 11 is 3.51. The largest absolute Gasteiger partial charge is 0.437 e. The van der Waals surface area contributed by atoms with Crippen molar-refractivity contribution in [3.8, 4) is 85.0 Å². The summed E-state index contributed by atoms with van der Waals surface area (Å²) in [5.41, 5.74) is 21.9. The number of hydrogen-bond donors (Lipinski definition) is 0. The normalized spacial score (nSPS) is 11.9. The van der Waals surface area contributed by atoms with Gasteiger partial charge in [-0.3, -0.25) is 13.7 Å². The van der Waals surface area contributed by atoms with E-state index in [0.717, 1.165) is 131 Å². The van der Waals surface area contributed by atoms with E-state index in [1.165, 1.54) is 123 Å². The molecule has 9 heterocycles. The van der Waals surface area contributed by atoms with E-state index in [4.69, 9.17) is 34.3 Å². The highest BCUT2D eigenvalue weighted by Crippen LogP contribution is 2.50. The second-order valence-corrected chi connectivity index (χ2v) is 37.4. The number of thiophene rings is 2. The van der Waals surface area contributed by atoms with E-state index in [9.17, 15) is 0 Å². The van der Waals surface area contributed by atoms with Crippen molar-refractivity contribution >= 4 is 215 Å². The number of nitrogens with zero attached hydrogens (tertiary/aromatic N) is 9. The number of rotatable bonds is 9. The van der Waals surface area contributed by atoms with Crippen LogP contribution in [0.25, 0.3) is 278 Å². The number of aromatic nitrogens is 9. The highest BCUT2D eigenvalue weighted by atomic mass is 32.1. The maximum absolute atomic E-state index is 6.49. The summed E-state index contributed by atoms with van der Waals surface area (Å²) in [6, 6.07) is 161. The maximum Gasteiger partial charge on any atom is 0.238 e. The van der Waals surface area contributed by atoms with Crippen LogP contribution in [0.3, 0.4) is 0 Å². The molecular weight excluding hydrogens is 1720 g/mol. The average molecular weight is 1800 g/mol. The Morgan fingerprint density at radius 3 is 1.04 bits per heavy atom. The lowest BCUT2D eigenvalue weighted by Crippen LogP contribution is -2.03. The second kappa shape index (κ2) is 31.9. The Bertz CT molecular complexity index is 9890. The third kappa shape index (κ3) is 12.6. The minimum Gasteiger partial charge on any atom is -0.437 e. The average Bonchev–Trinajstić information content (AvgIpc) is 1.56. The van der Waals surface area contributed by atoms with Crippen LogP contribution in [0.5, 0.6) is 0 Å². The summed E-state index contributed by atoms with van der Waals surface area (Å²) < 4.78 is 16.8. The molecule has 0 unspecified atom stereocenters. The second-order valence-electron chi connectivity index (χ2n) is 35.4. The molecule has 0 atom stereocenters. The van der Waals surface area contributed by atoms with Crippen LogP contribution >= 0.6 is 22.7 Å². The van der Waals surface area contributed by atoms with Gasteiger partial charge < -0.3 is 4.42 Å². The standard InChI is InChI=1S/C42H25N3O.2C42H25N3S/c1-2-11-26(12-3-1)29-15-10-16-30(25-29)39-38-33-19-8-9-20-36(33)46-41(38)44-42(43-39)45-35-24-22-27-13-4-6-17-31(27)37(35)34-23-21-28-14-5-7-18-32(28)40(34)45;1-2-12-26(13-3-1)29-16-8-9-19-32(29)38-41-39(33-20-10-11-21-36(33)46-41)44-42(43-38)45-35-25-23-27-14-4-6-17-30(27)37(35)34-24-22-28-15-5-7-18-31(28)40(34)45;1-2-11-26(12-3-1)29-15-10-16-30(25-29)39-38-33-19-8-9-20-36(33)46-41(38)44-42(43-39)45-35-24-22-27-13-4-6-17-31(27)37(35)34-23-21-28-14-5-7-18-32(28)40(34)45/h3*1-25H. The molecule has 0 radical (unpaired) electrons. The Labute approximate surface area is 797 Å². The minimum absolute atomic E-state index is 0.572. The third-order valence-corrected chi connectivity index (χ3v) is 29.9. The van der Waals surface area contributed by atoms with Crippen LogP contribution in [0.4, 0.5) is 0 Å². The maximum atomic E-state index is 6.49. The van der Waals surface area contributed by atoms with Gasteiger partial charge in [0.15, 0.2) is 0 Å². The lowest BCUT2D eigenvalue weighted by atomic mass is 9.97. The van der Waals surface area contributed by atoms with E-state index in [1.54, 1.807) is 22.7 Å². The topological polar surface area (TPSA) is 105 Å². The molecule has 0 N–H and O–H groups in total. The van der Waals surface area contributed by atoms with Gasteiger partial charge in [0.2, 0.25) is 23.6 Å². The first-order valence-corrected chi connectivity index (χ1v) is 48.2. The number of fused-ring (bicyclic) bond motifs is 30. The van der Waals surface area contributed by atoms with Gasteiger partial charge in [0, 0.05) is 96.1 Å². The van der Waals surface area contributed by atoms with Crippen LogP contribution in [0, 0.1) is 0 Å². The summed E-state index contributed by atoms with van der Waals surface area (Å²) in [7, 11) is 0. The van der Waals surface area contributed by atoms with Crippen LogP contribution in [-0.2, 0) is 0 Å². The Morgan fingerprint density at radius 2 is 0.551 bits per heavy atom. The van der Waals surface area contributed by atoms with Gasteiger partial charge >= 0.3 is 0 Å². The summed E-state index contributed by atoms with van der Waals surface area (Å²) in [5, 5.41) is 27.0. The van der Waals surface area contributed by atoms with Gasteiger partial charge in [-0.2, -0.15) is 4.98 Å². The first-order chi connectivity index (χ1) is 68.5. The molecule has 138 heavy (non-hydrogen) atoms. The van der Waals surface area contributed by atoms with Crippen molar-refractivity contribution in [3.63, 3.8) is 0 Å². The van der Waals surface area contributed by atoms with Crippen LogP contribution in [0.15, 0.2) is 459 Å². The third-order valence-electron chi connectivity index (χ3n) is 27.6. The van der Waals surface area contributed by atoms with Crippen molar-refractivity contribution in [2.24, 2.45) is 0 Å². The molecular formula is C126H75N9OS2. The van der Waals surface area contributed by atoms with Crippen molar-refractivity contribution in [3.05, 3.63) is 455 Å². The molecule has 0 aliphatic heterocycles. The van der Waals surface area contributed by atoms with Crippen molar-refractivity contribution in [1.29, 1.82) is 0 Å². The zero-order valence-electron chi connectivity index (χ0n) is 74.1. The van der Waals surface area contributed by atoms with Crippen molar-refractivity contribution in [2.75, 3.05) is 0 Å². The van der Waals surface area contributed by atoms with E-state index in [1.807, 2.05) is 24.3 Å². The number of hydrogen-bond acceptors (Lipinski definition) is 9. The lowest BCUT2D eigenvalue weighted by Gasteiger charge is -2.14. The van der Waals surface area contributed by atoms with E-state index in [2.05, 4.69) is 444 Å². The Balaban J connectivity index is 0.000000102. The van der Waals surface area contributed by atoms with Gasteiger partial charge in [0.1, 0.15) is 10.4 Å². The molecule has 0 bridgehead atoms. The highest BCUT2D eigenvalue weighted by Gasteiger charge is 2.29. The Hall–Kier alpha value is -17.9. The first-order valence-electron chi connectivity index (χ1n) is 46.5. The van der Waals surface area contributed by atoms with Gasteiger partial charge in [0.25, 0.3) is 0 Å². The molecule has 642 valence electrons. The fraction of sp³-hybridized carbons (Fsp3) is 0. The zero-order valence-corrected chi connectivity index (χ0v) is 75.7. The molecule has 30 aromatic rings. The van der Waals surface area contributed by atoms with Crippen LogP contribution in [0.2, 0.25) is 0 Å². The molecule has 30 rings (SSSR count). The number of furan rings is 1. The zero-order chi connectivity index (χ0) is 90.6. The molecule has 0 spiro atoms. The molecule has 0 amide bonds. The molecule has 9 aromatic heterocycles. The summed E-state index contributed by atoms with van der Waals surface area (Å²) in [4.78, 5) is 33.5. The van der Waals surface area contributed by atoms with Crippen molar-refractivity contribution < 1.29 is 4.42 Å². The molecule has 21 aromatic carbocycles. The smallest absolute Gasteiger partial charge is 0.238 e. The van der Waals surface area contributed by atoms with Crippen molar-refractivity contribution in [2.45, 2.75) is 0 Å². The quantitative estimate of drug-likeness (QED) is 0.142. The molecule has 0 fully saturated rings. The van der Waals surface area contributed by atoms with Gasteiger partial charge in [-0.25, -0.2) is 24.9 Å². The molecule has 10 nitrogen and oxygen atoms in total. The van der Waals surface area contributed by atoms with E-state index in [-0.39, 0.29) is 0 Å². The lowest BCUT2D eigenvalue weighted by molar-refractivity contribution is 0.651. The Morgan fingerprint density at radius 1 is 0.203 bits per heavy atom.